The average molecular weight is 327 g/mol. The van der Waals surface area contributed by atoms with Crippen molar-refractivity contribution in [2.45, 2.75) is 26.8 Å². The molecule has 14 heavy (non-hydrogen) atoms. The van der Waals surface area contributed by atoms with E-state index in [1.54, 1.807) is 4.57 Å². The van der Waals surface area contributed by atoms with Crippen molar-refractivity contribution in [1.82, 2.24) is 9.55 Å². The van der Waals surface area contributed by atoms with Gasteiger partial charge in [0.1, 0.15) is 8.72 Å². The van der Waals surface area contributed by atoms with E-state index in [-0.39, 0.29) is 10.7 Å². The highest BCUT2D eigenvalue weighted by molar-refractivity contribution is 14.1. The Hall–Kier alpha value is -0.100. The molecular weight excluding hydrogens is 314 g/mol. The maximum atomic E-state index is 11.7. The second kappa shape index (κ2) is 5.11. The van der Waals surface area contributed by atoms with Crippen LogP contribution in [0.3, 0.4) is 0 Å². The predicted octanol–water partition coefficient (Wildman–Crippen LogP) is 2.55. The van der Waals surface area contributed by atoms with Gasteiger partial charge in [0.25, 0.3) is 5.56 Å². The molecule has 1 unspecified atom stereocenters. The lowest BCUT2D eigenvalue weighted by Crippen LogP contribution is -2.25. The Morgan fingerprint density at radius 1 is 1.71 bits per heavy atom. The van der Waals surface area contributed by atoms with Crippen LogP contribution in [-0.4, -0.2) is 9.55 Å². The lowest BCUT2D eigenvalue weighted by molar-refractivity contribution is 0.455. The predicted molar refractivity (Wildman–Crippen MR) is 65.7 cm³/mol. The maximum absolute atomic E-state index is 11.7. The molecule has 0 aliphatic carbocycles. The van der Waals surface area contributed by atoms with Crippen LogP contribution in [0.5, 0.6) is 0 Å². The average Bonchev–Trinajstić information content (AvgIpc) is 2.19. The molecular formula is C9H12ClIN2O. The molecule has 1 rings (SSSR count). The Labute approximate surface area is 102 Å². The normalized spacial score (nSPS) is 12.9. The molecule has 0 spiro atoms. The topological polar surface area (TPSA) is 34.9 Å². The van der Waals surface area contributed by atoms with E-state index in [2.05, 4.69) is 18.8 Å². The quantitative estimate of drug-likeness (QED) is 0.632. The van der Waals surface area contributed by atoms with Crippen molar-refractivity contribution in [1.29, 1.82) is 0 Å². The van der Waals surface area contributed by atoms with Crippen molar-refractivity contribution in [2.75, 3.05) is 0 Å². The Kier molecular flexibility index (Phi) is 4.37. The molecule has 5 heteroatoms. The van der Waals surface area contributed by atoms with Crippen molar-refractivity contribution in [2.24, 2.45) is 5.92 Å². The van der Waals surface area contributed by atoms with Crippen LogP contribution in [0.25, 0.3) is 0 Å². The minimum Gasteiger partial charge on any atom is -0.298 e. The second-order valence-electron chi connectivity index (χ2n) is 3.32. The first-order chi connectivity index (χ1) is 6.56. The van der Waals surface area contributed by atoms with Gasteiger partial charge in [0.15, 0.2) is 0 Å². The summed E-state index contributed by atoms with van der Waals surface area (Å²) < 4.78 is 2.11. The van der Waals surface area contributed by atoms with Crippen molar-refractivity contribution < 1.29 is 0 Å². The van der Waals surface area contributed by atoms with Crippen LogP contribution >= 0.6 is 34.2 Å². The lowest BCUT2D eigenvalue weighted by Gasteiger charge is -2.10. The molecule has 0 amide bonds. The van der Waals surface area contributed by atoms with Crippen LogP contribution in [0, 0.1) is 9.49 Å². The van der Waals surface area contributed by atoms with Crippen LogP contribution in [-0.2, 0) is 6.54 Å². The van der Waals surface area contributed by atoms with Crippen LogP contribution in [0.1, 0.15) is 20.3 Å². The standard InChI is InChI=1S/C9H12ClIN2O/c1-3-6(2)4-13-5-12-8(10)7(11)9(13)14/h5-6H,3-4H2,1-2H3. The van der Waals surface area contributed by atoms with Crippen LogP contribution in [0.15, 0.2) is 11.1 Å². The van der Waals surface area contributed by atoms with Gasteiger partial charge in [0.2, 0.25) is 0 Å². The molecule has 0 aliphatic heterocycles. The van der Waals surface area contributed by atoms with E-state index >= 15 is 0 Å². The van der Waals surface area contributed by atoms with E-state index in [4.69, 9.17) is 11.6 Å². The molecule has 0 saturated carbocycles. The molecule has 0 aliphatic rings. The van der Waals surface area contributed by atoms with Gasteiger partial charge in [-0.15, -0.1) is 0 Å². The summed E-state index contributed by atoms with van der Waals surface area (Å²) in [5.41, 5.74) is -0.0501. The van der Waals surface area contributed by atoms with E-state index in [1.165, 1.54) is 6.33 Å². The van der Waals surface area contributed by atoms with Gasteiger partial charge in [-0.1, -0.05) is 31.9 Å². The molecule has 0 fully saturated rings. The zero-order chi connectivity index (χ0) is 10.7. The zero-order valence-corrected chi connectivity index (χ0v) is 11.0. The molecule has 0 aromatic carbocycles. The molecule has 0 N–H and O–H groups in total. The SMILES string of the molecule is CCC(C)Cn1cnc(Cl)c(I)c1=O. The molecule has 1 heterocycles. The van der Waals surface area contributed by atoms with E-state index < -0.39 is 0 Å². The summed E-state index contributed by atoms with van der Waals surface area (Å²) in [4.78, 5) is 15.6. The molecule has 78 valence electrons. The Morgan fingerprint density at radius 3 is 2.93 bits per heavy atom. The Bertz CT molecular complexity index is 378. The number of hydrogen-bond acceptors (Lipinski definition) is 2. The van der Waals surface area contributed by atoms with Crippen LogP contribution < -0.4 is 5.56 Å². The highest BCUT2D eigenvalue weighted by Gasteiger charge is 2.08. The third kappa shape index (κ3) is 2.70. The highest BCUT2D eigenvalue weighted by atomic mass is 127. The van der Waals surface area contributed by atoms with Gasteiger partial charge in [0, 0.05) is 6.54 Å². The summed E-state index contributed by atoms with van der Waals surface area (Å²) >= 11 is 7.65. The molecule has 1 aromatic rings. The van der Waals surface area contributed by atoms with E-state index in [0.29, 0.717) is 16.0 Å². The van der Waals surface area contributed by atoms with Crippen molar-refractivity contribution in [3.8, 4) is 0 Å². The van der Waals surface area contributed by atoms with Crippen molar-refractivity contribution >= 4 is 34.2 Å². The van der Waals surface area contributed by atoms with Gasteiger partial charge in [-0.05, 0) is 28.5 Å². The molecule has 3 nitrogen and oxygen atoms in total. The summed E-state index contributed by atoms with van der Waals surface area (Å²) in [5.74, 6) is 0.478. The lowest BCUT2D eigenvalue weighted by atomic mass is 10.1. The largest absolute Gasteiger partial charge is 0.298 e. The summed E-state index contributed by atoms with van der Waals surface area (Å²) in [6.45, 7) is 4.91. The van der Waals surface area contributed by atoms with Crippen LogP contribution in [0.2, 0.25) is 5.15 Å². The van der Waals surface area contributed by atoms with Crippen molar-refractivity contribution in [3.63, 3.8) is 0 Å². The summed E-state index contributed by atoms with van der Waals surface area (Å²) in [6.07, 6.45) is 2.56. The minimum absolute atomic E-state index is 0.0501. The minimum atomic E-state index is -0.0501. The summed E-state index contributed by atoms with van der Waals surface area (Å²) in [6, 6.07) is 0. The van der Waals surface area contributed by atoms with Gasteiger partial charge in [-0.3, -0.25) is 9.36 Å². The smallest absolute Gasteiger partial charge is 0.268 e. The number of aromatic nitrogens is 2. The molecule has 1 atom stereocenters. The first kappa shape index (κ1) is 12.0. The van der Waals surface area contributed by atoms with E-state index in [0.717, 1.165) is 6.42 Å². The fraction of sp³-hybridized carbons (Fsp3) is 0.556. The van der Waals surface area contributed by atoms with Gasteiger partial charge < -0.3 is 0 Å². The molecule has 1 aromatic heterocycles. The molecule has 0 saturated heterocycles. The third-order valence-corrected chi connectivity index (χ3v) is 3.72. The Morgan fingerprint density at radius 2 is 2.36 bits per heavy atom. The maximum Gasteiger partial charge on any atom is 0.268 e. The van der Waals surface area contributed by atoms with Gasteiger partial charge in [0.05, 0.1) is 6.33 Å². The third-order valence-electron chi connectivity index (χ3n) is 2.15. The fourth-order valence-corrected chi connectivity index (χ4v) is 1.61. The first-order valence-corrected chi connectivity index (χ1v) is 5.92. The number of nitrogens with zero attached hydrogens (tertiary/aromatic N) is 2. The summed E-state index contributed by atoms with van der Waals surface area (Å²) in [7, 11) is 0. The van der Waals surface area contributed by atoms with Gasteiger partial charge in [-0.25, -0.2) is 4.98 Å². The molecule has 0 bridgehead atoms. The monoisotopic (exact) mass is 326 g/mol. The van der Waals surface area contributed by atoms with Gasteiger partial charge in [-0.2, -0.15) is 0 Å². The van der Waals surface area contributed by atoms with Gasteiger partial charge >= 0.3 is 0 Å². The van der Waals surface area contributed by atoms with Crippen molar-refractivity contribution in [3.05, 3.63) is 25.4 Å². The van der Waals surface area contributed by atoms with E-state index in [9.17, 15) is 4.79 Å². The number of rotatable bonds is 3. The molecule has 0 radical (unpaired) electrons. The summed E-state index contributed by atoms with van der Waals surface area (Å²) in [5, 5.41) is 0.288. The van der Waals surface area contributed by atoms with Crippen LogP contribution in [0.4, 0.5) is 0 Å². The van der Waals surface area contributed by atoms with E-state index in [1.807, 2.05) is 22.6 Å². The number of hydrogen-bond donors (Lipinski definition) is 0. The second-order valence-corrected chi connectivity index (χ2v) is 4.76. The number of halogens is 2. The first-order valence-electron chi connectivity index (χ1n) is 4.46. The fourth-order valence-electron chi connectivity index (χ4n) is 1.04. The Balaban J connectivity index is 3.00. The zero-order valence-electron chi connectivity index (χ0n) is 8.13. The highest BCUT2D eigenvalue weighted by Crippen LogP contribution is 2.10.